The zero-order valence-electron chi connectivity index (χ0n) is 17.8. The molecule has 4 rings (SSSR count). The summed E-state index contributed by atoms with van der Waals surface area (Å²) in [5.41, 5.74) is 5.59. The van der Waals surface area contributed by atoms with E-state index in [-0.39, 0.29) is 0 Å². The van der Waals surface area contributed by atoms with Gasteiger partial charge in [-0.3, -0.25) is 0 Å². The number of fused-ring (bicyclic) bond motifs is 1. The van der Waals surface area contributed by atoms with Gasteiger partial charge in [0, 0.05) is 23.6 Å². The molecule has 4 aromatic rings. The highest BCUT2D eigenvalue weighted by Gasteiger charge is 2.20. The second kappa shape index (κ2) is 8.25. The molecule has 0 bridgehead atoms. The Labute approximate surface area is 178 Å². The lowest BCUT2D eigenvalue weighted by molar-refractivity contribution is -0.920. The van der Waals surface area contributed by atoms with Crippen LogP contribution < -0.4 is 5.32 Å². The van der Waals surface area contributed by atoms with Crippen molar-refractivity contribution < 1.29 is 4.48 Å². The van der Waals surface area contributed by atoms with Crippen molar-refractivity contribution in [3.8, 4) is 11.1 Å². The van der Waals surface area contributed by atoms with Crippen LogP contribution in [0.15, 0.2) is 79.1 Å². The third kappa shape index (κ3) is 4.34. The Hall–Kier alpha value is -3.24. The quantitative estimate of drug-likeness (QED) is 0.416. The molecule has 0 amide bonds. The smallest absolute Gasteiger partial charge is 0.141 e. The highest BCUT2D eigenvalue weighted by Crippen LogP contribution is 2.29. The molecule has 1 aromatic heterocycles. The molecular weight excluding hydrogens is 368 g/mol. The Bertz CT molecular complexity index is 1150. The first-order chi connectivity index (χ1) is 14.4. The van der Waals surface area contributed by atoms with E-state index in [1.165, 1.54) is 11.1 Å². The van der Waals surface area contributed by atoms with Gasteiger partial charge in [-0.1, -0.05) is 42.5 Å². The van der Waals surface area contributed by atoms with Crippen molar-refractivity contribution in [2.45, 2.75) is 19.5 Å². The van der Waals surface area contributed by atoms with E-state index in [1.807, 2.05) is 30.3 Å². The topological polar surface area (TPSA) is 37.8 Å². The molecule has 3 aromatic carbocycles. The molecule has 1 atom stereocenters. The number of hydrogen-bond acceptors (Lipinski definition) is 3. The van der Waals surface area contributed by atoms with Crippen LogP contribution >= 0.6 is 0 Å². The minimum Gasteiger partial charge on any atom is -0.340 e. The van der Waals surface area contributed by atoms with Crippen molar-refractivity contribution in [2.75, 3.05) is 19.4 Å². The number of para-hydroxylation sites is 1. The van der Waals surface area contributed by atoms with Crippen LogP contribution in [0.25, 0.3) is 22.0 Å². The zero-order chi connectivity index (χ0) is 21.1. The third-order valence-electron chi connectivity index (χ3n) is 5.72. The first-order valence-corrected chi connectivity index (χ1v) is 10.2. The summed E-state index contributed by atoms with van der Waals surface area (Å²) < 4.78 is 0.847. The molecule has 0 fully saturated rings. The molecule has 1 heterocycles. The van der Waals surface area contributed by atoms with E-state index < -0.39 is 0 Å². The number of anilines is 2. The van der Waals surface area contributed by atoms with Gasteiger partial charge in [-0.05, 0) is 48.4 Å². The highest BCUT2D eigenvalue weighted by molar-refractivity contribution is 5.93. The van der Waals surface area contributed by atoms with Gasteiger partial charge in [0.05, 0.1) is 25.7 Å². The molecule has 1 unspecified atom stereocenters. The Kier molecular flexibility index (Phi) is 5.51. The van der Waals surface area contributed by atoms with Crippen molar-refractivity contribution in [3.05, 3.63) is 91.6 Å². The van der Waals surface area contributed by atoms with Crippen molar-refractivity contribution in [1.29, 1.82) is 0 Å². The molecule has 1 radical (unpaired) electrons. The fourth-order valence-electron chi connectivity index (χ4n) is 3.47. The fraction of sp³-hybridized carbons (Fsp3) is 0.192. The van der Waals surface area contributed by atoms with E-state index in [0.29, 0.717) is 6.04 Å². The number of nitrogens with one attached hydrogen (secondary N) is 1. The second-order valence-electron chi connectivity index (χ2n) is 8.43. The summed E-state index contributed by atoms with van der Waals surface area (Å²) in [6.45, 7) is 7.32. The largest absolute Gasteiger partial charge is 0.340 e. The first kappa shape index (κ1) is 20.0. The van der Waals surface area contributed by atoms with E-state index in [9.17, 15) is 0 Å². The molecule has 0 aliphatic rings. The van der Waals surface area contributed by atoms with Crippen LogP contribution in [0.3, 0.4) is 0 Å². The third-order valence-corrected chi connectivity index (χ3v) is 5.72. The number of hydrogen-bond donors (Lipinski definition) is 1. The molecule has 0 saturated heterocycles. The van der Waals surface area contributed by atoms with Crippen molar-refractivity contribution in [1.82, 2.24) is 9.97 Å². The summed E-state index contributed by atoms with van der Waals surface area (Å²) in [5.74, 6) is 0.813. The summed E-state index contributed by atoms with van der Waals surface area (Å²) in [6, 6.07) is 25.5. The molecule has 0 saturated carbocycles. The van der Waals surface area contributed by atoms with Crippen LogP contribution in [-0.2, 0) is 6.54 Å². The Balaban J connectivity index is 1.70. The van der Waals surface area contributed by atoms with Gasteiger partial charge in [-0.15, -0.1) is 0 Å². The Morgan fingerprint density at radius 3 is 2.43 bits per heavy atom. The molecule has 0 aliphatic carbocycles. The highest BCUT2D eigenvalue weighted by atomic mass is 15.3. The maximum absolute atomic E-state index is 4.49. The monoisotopic (exact) mass is 396 g/mol. The SMILES string of the molecule is [CH2]C(C)[N+](C)(C)Cc1cccc(-c2ccc3ncnc(Nc4ccccc4)c3c2)c1. The maximum atomic E-state index is 4.49. The van der Waals surface area contributed by atoms with Crippen LogP contribution in [0.5, 0.6) is 0 Å². The van der Waals surface area contributed by atoms with E-state index in [2.05, 4.69) is 85.7 Å². The Morgan fingerprint density at radius 1 is 0.900 bits per heavy atom. The predicted octanol–water partition coefficient (Wildman–Crippen LogP) is 5.84. The van der Waals surface area contributed by atoms with Gasteiger partial charge < -0.3 is 9.80 Å². The van der Waals surface area contributed by atoms with Crippen LogP contribution in [-0.4, -0.2) is 34.6 Å². The fourth-order valence-corrected chi connectivity index (χ4v) is 3.47. The van der Waals surface area contributed by atoms with Crippen LogP contribution in [0.1, 0.15) is 12.5 Å². The molecule has 1 N–H and O–H groups in total. The standard InChI is InChI=1S/C26H28N4/c1-19(2)30(3,4)17-20-9-8-10-21(15-20)22-13-14-25-24(16-22)26(28-18-27-25)29-23-11-6-5-7-12-23/h5-16,18-19H,1,17H2,2-4H3,(H,27,28,29)/q+1. The van der Waals surface area contributed by atoms with Crippen LogP contribution in [0.2, 0.25) is 0 Å². The second-order valence-corrected chi connectivity index (χ2v) is 8.43. The van der Waals surface area contributed by atoms with E-state index >= 15 is 0 Å². The average molecular weight is 397 g/mol. The number of benzene rings is 3. The minimum absolute atomic E-state index is 0.318. The minimum atomic E-state index is 0.318. The molecular formula is C26H28N4+. The molecule has 0 spiro atoms. The molecule has 4 nitrogen and oxygen atoms in total. The average Bonchev–Trinajstić information content (AvgIpc) is 2.74. The van der Waals surface area contributed by atoms with Gasteiger partial charge in [-0.25, -0.2) is 9.97 Å². The lowest BCUT2D eigenvalue weighted by Crippen LogP contribution is -2.44. The first-order valence-electron chi connectivity index (χ1n) is 10.2. The summed E-state index contributed by atoms with van der Waals surface area (Å²) in [7, 11) is 4.44. The lowest BCUT2D eigenvalue weighted by Gasteiger charge is -2.34. The molecule has 0 aliphatic heterocycles. The van der Waals surface area contributed by atoms with E-state index in [1.54, 1.807) is 6.33 Å². The predicted molar refractivity (Wildman–Crippen MR) is 125 cm³/mol. The van der Waals surface area contributed by atoms with Gasteiger partial charge in [0.2, 0.25) is 0 Å². The summed E-state index contributed by atoms with van der Waals surface area (Å²) in [5, 5.41) is 4.43. The van der Waals surface area contributed by atoms with Gasteiger partial charge in [-0.2, -0.15) is 0 Å². The lowest BCUT2D eigenvalue weighted by atomic mass is 10.0. The number of aromatic nitrogens is 2. The zero-order valence-corrected chi connectivity index (χ0v) is 17.8. The molecule has 4 heteroatoms. The summed E-state index contributed by atoms with van der Waals surface area (Å²) >= 11 is 0. The van der Waals surface area contributed by atoms with Crippen LogP contribution in [0.4, 0.5) is 11.5 Å². The number of quaternary nitrogens is 1. The van der Waals surface area contributed by atoms with Gasteiger partial charge >= 0.3 is 0 Å². The normalized spacial score (nSPS) is 11.8. The van der Waals surface area contributed by atoms with Crippen LogP contribution in [0, 0.1) is 6.92 Å². The maximum Gasteiger partial charge on any atom is 0.141 e. The van der Waals surface area contributed by atoms with Gasteiger partial charge in [0.25, 0.3) is 0 Å². The molecule has 151 valence electrons. The summed E-state index contributed by atoms with van der Waals surface area (Å²) in [4.78, 5) is 8.93. The summed E-state index contributed by atoms with van der Waals surface area (Å²) in [6.07, 6.45) is 1.61. The van der Waals surface area contributed by atoms with Gasteiger partial charge in [0.15, 0.2) is 0 Å². The van der Waals surface area contributed by atoms with Crippen molar-refractivity contribution >= 4 is 22.4 Å². The molecule has 30 heavy (non-hydrogen) atoms. The van der Waals surface area contributed by atoms with Crippen molar-refractivity contribution in [2.24, 2.45) is 0 Å². The number of nitrogens with zero attached hydrogens (tertiary/aromatic N) is 3. The van der Waals surface area contributed by atoms with E-state index in [4.69, 9.17) is 0 Å². The van der Waals surface area contributed by atoms with E-state index in [0.717, 1.165) is 39.0 Å². The Morgan fingerprint density at radius 2 is 1.67 bits per heavy atom. The number of rotatable bonds is 6. The van der Waals surface area contributed by atoms with Crippen molar-refractivity contribution in [3.63, 3.8) is 0 Å². The van der Waals surface area contributed by atoms with Gasteiger partial charge in [0.1, 0.15) is 18.7 Å².